The van der Waals surface area contributed by atoms with Crippen LogP contribution in [0, 0.1) is 0 Å². The lowest BCUT2D eigenvalue weighted by atomic mass is 10.2. The molecule has 1 aromatic rings. The van der Waals surface area contributed by atoms with Crippen molar-refractivity contribution in [3.8, 4) is 0 Å². The van der Waals surface area contributed by atoms with Gasteiger partial charge < -0.3 is 15.1 Å². The van der Waals surface area contributed by atoms with Gasteiger partial charge in [0.15, 0.2) is 0 Å². The quantitative estimate of drug-likeness (QED) is 0.796. The van der Waals surface area contributed by atoms with Gasteiger partial charge in [-0.2, -0.15) is 0 Å². The Bertz CT molecular complexity index is 320. The van der Waals surface area contributed by atoms with Crippen molar-refractivity contribution in [1.29, 1.82) is 0 Å². The van der Waals surface area contributed by atoms with Crippen molar-refractivity contribution >= 4 is 5.91 Å². The van der Waals surface area contributed by atoms with Crippen molar-refractivity contribution in [3.63, 3.8) is 0 Å². The molecular weight excluding hydrogens is 192 g/mol. The Kier molecular flexibility index (Phi) is 4.37. The van der Waals surface area contributed by atoms with Gasteiger partial charge in [-0.05, 0) is 13.0 Å². The van der Waals surface area contributed by atoms with Gasteiger partial charge in [0.2, 0.25) is 0 Å². The highest BCUT2D eigenvalue weighted by molar-refractivity contribution is 5.95. The number of hydrogen-bond acceptors (Lipinski definition) is 3. The third-order valence-electron chi connectivity index (χ3n) is 2.36. The first-order valence-corrected chi connectivity index (χ1v) is 5.30. The molecule has 1 aromatic heterocycles. The molecule has 0 saturated carbocycles. The fourth-order valence-electron chi connectivity index (χ4n) is 1.53. The van der Waals surface area contributed by atoms with E-state index in [9.17, 15) is 4.79 Å². The van der Waals surface area contributed by atoms with Crippen LogP contribution in [0.3, 0.4) is 0 Å². The third-order valence-corrected chi connectivity index (χ3v) is 2.36. The Morgan fingerprint density at radius 2 is 2.27 bits per heavy atom. The van der Waals surface area contributed by atoms with E-state index < -0.39 is 0 Å². The molecule has 1 amide bonds. The average Bonchev–Trinajstić information content (AvgIpc) is 2.72. The standard InChI is InChI=1S/C11H18N2O2/c1-3-10-9(5-8-15-10)11(14)13(4-2)7-6-12/h5,8H,3-4,6-7,12H2,1-2H3. The normalized spacial score (nSPS) is 10.3. The van der Waals surface area contributed by atoms with Gasteiger partial charge in [-0.1, -0.05) is 6.92 Å². The molecule has 0 unspecified atom stereocenters. The first-order chi connectivity index (χ1) is 7.24. The fourth-order valence-corrected chi connectivity index (χ4v) is 1.53. The molecule has 1 heterocycles. The van der Waals surface area contributed by atoms with Gasteiger partial charge in [-0.3, -0.25) is 4.79 Å². The minimum absolute atomic E-state index is 0.00792. The number of carbonyl (C=O) groups excluding carboxylic acids is 1. The summed E-state index contributed by atoms with van der Waals surface area (Å²) in [4.78, 5) is 13.7. The van der Waals surface area contributed by atoms with E-state index in [-0.39, 0.29) is 5.91 Å². The van der Waals surface area contributed by atoms with Crippen LogP contribution in [-0.4, -0.2) is 30.4 Å². The number of hydrogen-bond donors (Lipinski definition) is 1. The van der Waals surface area contributed by atoms with Crippen molar-refractivity contribution in [2.45, 2.75) is 20.3 Å². The van der Waals surface area contributed by atoms with Crippen LogP contribution in [0.1, 0.15) is 30.0 Å². The van der Waals surface area contributed by atoms with E-state index >= 15 is 0 Å². The highest BCUT2D eigenvalue weighted by Gasteiger charge is 2.18. The second kappa shape index (κ2) is 5.56. The van der Waals surface area contributed by atoms with Gasteiger partial charge >= 0.3 is 0 Å². The van der Waals surface area contributed by atoms with Crippen LogP contribution in [0.4, 0.5) is 0 Å². The largest absolute Gasteiger partial charge is 0.469 e. The number of aryl methyl sites for hydroxylation is 1. The molecule has 0 radical (unpaired) electrons. The zero-order valence-electron chi connectivity index (χ0n) is 9.32. The molecule has 0 aromatic carbocycles. The Balaban J connectivity index is 2.82. The fraction of sp³-hybridized carbons (Fsp3) is 0.545. The average molecular weight is 210 g/mol. The number of amides is 1. The molecule has 2 N–H and O–H groups in total. The maximum absolute atomic E-state index is 12.0. The monoisotopic (exact) mass is 210 g/mol. The van der Waals surface area contributed by atoms with Gasteiger partial charge in [-0.15, -0.1) is 0 Å². The zero-order chi connectivity index (χ0) is 11.3. The van der Waals surface area contributed by atoms with E-state index in [2.05, 4.69) is 0 Å². The second-order valence-electron chi connectivity index (χ2n) is 3.28. The van der Waals surface area contributed by atoms with Crippen molar-refractivity contribution < 1.29 is 9.21 Å². The molecule has 0 bridgehead atoms. The van der Waals surface area contributed by atoms with Crippen LogP contribution in [0.5, 0.6) is 0 Å². The van der Waals surface area contributed by atoms with Crippen LogP contribution in [0.15, 0.2) is 16.7 Å². The number of rotatable bonds is 5. The SMILES string of the molecule is CCc1occc1C(=O)N(CC)CCN. The predicted molar refractivity (Wildman–Crippen MR) is 58.7 cm³/mol. The summed E-state index contributed by atoms with van der Waals surface area (Å²) >= 11 is 0. The Morgan fingerprint density at radius 1 is 1.53 bits per heavy atom. The Hall–Kier alpha value is -1.29. The first-order valence-electron chi connectivity index (χ1n) is 5.30. The van der Waals surface area contributed by atoms with Crippen LogP contribution in [-0.2, 0) is 6.42 Å². The third kappa shape index (κ3) is 2.59. The second-order valence-corrected chi connectivity index (χ2v) is 3.28. The molecule has 4 heteroatoms. The maximum Gasteiger partial charge on any atom is 0.257 e. The first kappa shape index (κ1) is 11.8. The lowest BCUT2D eigenvalue weighted by molar-refractivity contribution is 0.0767. The number of nitrogens with two attached hydrogens (primary N) is 1. The molecule has 0 spiro atoms. The number of likely N-dealkylation sites (N-methyl/N-ethyl adjacent to an activating group) is 1. The minimum atomic E-state index is 0.00792. The van der Waals surface area contributed by atoms with E-state index in [0.717, 1.165) is 12.2 Å². The molecule has 0 fully saturated rings. The van der Waals surface area contributed by atoms with E-state index in [1.54, 1.807) is 17.2 Å². The van der Waals surface area contributed by atoms with E-state index in [1.807, 2.05) is 13.8 Å². The molecule has 4 nitrogen and oxygen atoms in total. The smallest absolute Gasteiger partial charge is 0.257 e. The lowest BCUT2D eigenvalue weighted by Crippen LogP contribution is -2.35. The summed E-state index contributed by atoms with van der Waals surface area (Å²) < 4.78 is 5.23. The molecule has 84 valence electrons. The van der Waals surface area contributed by atoms with Gasteiger partial charge in [-0.25, -0.2) is 0 Å². The summed E-state index contributed by atoms with van der Waals surface area (Å²) in [6.45, 7) is 5.65. The summed E-state index contributed by atoms with van der Waals surface area (Å²) in [5.41, 5.74) is 6.11. The maximum atomic E-state index is 12.0. The number of furan rings is 1. The van der Waals surface area contributed by atoms with Crippen LogP contribution < -0.4 is 5.73 Å². The van der Waals surface area contributed by atoms with Gasteiger partial charge in [0.1, 0.15) is 5.76 Å². The molecule has 15 heavy (non-hydrogen) atoms. The summed E-state index contributed by atoms with van der Waals surface area (Å²) in [5, 5.41) is 0. The molecule has 0 saturated heterocycles. The summed E-state index contributed by atoms with van der Waals surface area (Å²) in [7, 11) is 0. The molecule has 0 aliphatic heterocycles. The number of nitrogens with zero attached hydrogens (tertiary/aromatic N) is 1. The van der Waals surface area contributed by atoms with Crippen molar-refractivity contribution in [3.05, 3.63) is 23.7 Å². The summed E-state index contributed by atoms with van der Waals surface area (Å²) in [6, 6.07) is 1.72. The zero-order valence-corrected chi connectivity index (χ0v) is 9.32. The van der Waals surface area contributed by atoms with Gasteiger partial charge in [0.05, 0.1) is 11.8 Å². The molecule has 0 aliphatic carbocycles. The van der Waals surface area contributed by atoms with Crippen LogP contribution in [0.25, 0.3) is 0 Å². The van der Waals surface area contributed by atoms with Crippen molar-refractivity contribution in [1.82, 2.24) is 4.90 Å². The topological polar surface area (TPSA) is 59.5 Å². The predicted octanol–water partition coefficient (Wildman–Crippen LogP) is 1.26. The van der Waals surface area contributed by atoms with E-state index in [4.69, 9.17) is 10.2 Å². The Labute approximate surface area is 90.0 Å². The minimum Gasteiger partial charge on any atom is -0.469 e. The van der Waals surface area contributed by atoms with Crippen LogP contribution >= 0.6 is 0 Å². The molecular formula is C11H18N2O2. The molecule has 1 rings (SSSR count). The lowest BCUT2D eigenvalue weighted by Gasteiger charge is -2.19. The molecule has 0 atom stereocenters. The van der Waals surface area contributed by atoms with Crippen LogP contribution in [0.2, 0.25) is 0 Å². The van der Waals surface area contributed by atoms with E-state index in [1.165, 1.54) is 0 Å². The van der Waals surface area contributed by atoms with Gasteiger partial charge in [0.25, 0.3) is 5.91 Å². The summed E-state index contributed by atoms with van der Waals surface area (Å²) in [5.74, 6) is 0.754. The molecule has 0 aliphatic rings. The van der Waals surface area contributed by atoms with E-state index in [0.29, 0.717) is 25.2 Å². The Morgan fingerprint density at radius 3 is 2.80 bits per heavy atom. The number of carbonyl (C=O) groups is 1. The summed E-state index contributed by atoms with van der Waals surface area (Å²) in [6.07, 6.45) is 2.29. The van der Waals surface area contributed by atoms with Crippen molar-refractivity contribution in [2.75, 3.05) is 19.6 Å². The van der Waals surface area contributed by atoms with Gasteiger partial charge in [0, 0.05) is 26.1 Å². The highest BCUT2D eigenvalue weighted by Crippen LogP contribution is 2.13. The highest BCUT2D eigenvalue weighted by atomic mass is 16.3. The van der Waals surface area contributed by atoms with Crippen molar-refractivity contribution in [2.24, 2.45) is 5.73 Å².